The van der Waals surface area contributed by atoms with Crippen molar-refractivity contribution in [1.82, 2.24) is 0 Å². The Morgan fingerprint density at radius 3 is 1.50 bits per heavy atom. The average Bonchev–Trinajstić information content (AvgIpc) is 1.46. The van der Waals surface area contributed by atoms with Gasteiger partial charge in [-0.15, -0.1) is 0 Å². The predicted octanol–water partition coefficient (Wildman–Crippen LogP) is -2.15. The summed E-state index contributed by atoms with van der Waals surface area (Å²) in [7, 11) is 0. The Bertz CT molecular complexity index is 31.4. The maximum absolute atomic E-state index is 2.00. The van der Waals surface area contributed by atoms with Gasteiger partial charge in [-0.05, 0) is 0 Å². The zero-order chi connectivity index (χ0) is 2.12. The smallest absolute Gasteiger partial charge is 0.148 e. The van der Waals surface area contributed by atoms with Gasteiger partial charge in [0.15, 0.2) is 0 Å². The SMILES string of the molecule is [Li+].c1c[cH+]1. The maximum atomic E-state index is 2.00. The molecule has 0 bridgehead atoms. The largest absolute Gasteiger partial charge is 1.00 e. The Hall–Kier alpha value is 0.207. The van der Waals surface area contributed by atoms with Gasteiger partial charge in [-0.2, -0.15) is 0 Å². The summed E-state index contributed by atoms with van der Waals surface area (Å²) in [6.45, 7) is 0. The fraction of sp³-hybridized carbons (Fsp3) is 0. The first-order chi connectivity index (χ1) is 1.50. The Balaban J connectivity index is 0.0000000900. The molecule has 0 atom stereocenters. The molecule has 0 saturated heterocycles. The van der Waals surface area contributed by atoms with Crippen LogP contribution in [0, 0.1) is 0 Å². The molecular weight excluding hydrogens is 43.0 g/mol. The third-order valence-corrected chi connectivity index (χ3v) is 0.192. The van der Waals surface area contributed by atoms with E-state index in [1.165, 1.54) is 0 Å². The van der Waals surface area contributed by atoms with Crippen LogP contribution in [0.15, 0.2) is 18.2 Å². The van der Waals surface area contributed by atoms with Crippen molar-refractivity contribution in [2.45, 2.75) is 0 Å². The second-order valence-corrected chi connectivity index (χ2v) is 0.577. The van der Waals surface area contributed by atoms with Crippen molar-refractivity contribution >= 4 is 0 Å². The van der Waals surface area contributed by atoms with Gasteiger partial charge < -0.3 is 0 Å². The molecule has 1 heteroatoms. The summed E-state index contributed by atoms with van der Waals surface area (Å²) in [5, 5.41) is 0. The van der Waals surface area contributed by atoms with Crippen LogP contribution in [0.3, 0.4) is 0 Å². The zero-order valence-corrected chi connectivity index (χ0v) is 2.73. The van der Waals surface area contributed by atoms with Crippen molar-refractivity contribution in [3.8, 4) is 0 Å². The molecule has 4 heavy (non-hydrogen) atoms. The van der Waals surface area contributed by atoms with E-state index in [2.05, 4.69) is 0 Å². The molecule has 0 nitrogen and oxygen atoms in total. The average molecular weight is 46.0 g/mol. The normalized spacial score (nSPS) is 6.00. The molecule has 0 aliphatic carbocycles. The maximum Gasteiger partial charge on any atom is 1.00 e. The summed E-state index contributed by atoms with van der Waals surface area (Å²) < 4.78 is 0. The van der Waals surface area contributed by atoms with Crippen LogP contribution in [-0.2, 0) is 0 Å². The minimum atomic E-state index is 0. The molecule has 1 aromatic carbocycles. The first kappa shape index (κ1) is 4.21. The van der Waals surface area contributed by atoms with Crippen molar-refractivity contribution in [2.75, 3.05) is 0 Å². The molecule has 0 spiro atoms. The molecule has 0 aliphatic rings. The Morgan fingerprint density at radius 1 is 1.25 bits per heavy atom. The van der Waals surface area contributed by atoms with Crippen molar-refractivity contribution in [1.29, 1.82) is 0 Å². The van der Waals surface area contributed by atoms with Crippen LogP contribution in [0.1, 0.15) is 0 Å². The minimum Gasteiger partial charge on any atom is 0.148 e. The van der Waals surface area contributed by atoms with Crippen LogP contribution in [0.4, 0.5) is 0 Å². The van der Waals surface area contributed by atoms with Crippen LogP contribution in [0.25, 0.3) is 0 Å². The zero-order valence-electron chi connectivity index (χ0n) is 2.73. The fourth-order valence-electron chi connectivity index (χ4n) is 0. The van der Waals surface area contributed by atoms with Gasteiger partial charge in [0.1, 0.15) is 18.2 Å². The van der Waals surface area contributed by atoms with Gasteiger partial charge in [-0.25, -0.2) is 0 Å². The predicted molar refractivity (Wildman–Crippen MR) is 13.2 cm³/mol. The first-order valence-corrected chi connectivity index (χ1v) is 1.00. The number of rotatable bonds is 0. The first-order valence-electron chi connectivity index (χ1n) is 1.00. The quantitative estimate of drug-likeness (QED) is 0.231. The Morgan fingerprint density at radius 2 is 1.50 bits per heavy atom. The van der Waals surface area contributed by atoms with E-state index in [1.807, 2.05) is 18.2 Å². The van der Waals surface area contributed by atoms with Crippen LogP contribution in [-0.4, -0.2) is 0 Å². The molecule has 1 rings (SSSR count). The van der Waals surface area contributed by atoms with Gasteiger partial charge in [0.05, 0.1) is 0 Å². The van der Waals surface area contributed by atoms with E-state index < -0.39 is 0 Å². The van der Waals surface area contributed by atoms with E-state index in [0.717, 1.165) is 0 Å². The summed E-state index contributed by atoms with van der Waals surface area (Å²) in [4.78, 5) is 0. The molecule has 1 aromatic rings. The summed E-state index contributed by atoms with van der Waals surface area (Å²) in [5.41, 5.74) is 0. The van der Waals surface area contributed by atoms with Gasteiger partial charge >= 0.3 is 18.9 Å². The van der Waals surface area contributed by atoms with Gasteiger partial charge in [0.2, 0.25) is 0 Å². The van der Waals surface area contributed by atoms with E-state index in [9.17, 15) is 0 Å². The summed E-state index contributed by atoms with van der Waals surface area (Å²) >= 11 is 0. The Labute approximate surface area is 37.7 Å². The number of hydrogen-bond acceptors (Lipinski definition) is 0. The molecule has 0 fully saturated rings. The van der Waals surface area contributed by atoms with Crippen LogP contribution in [0.2, 0.25) is 0 Å². The van der Waals surface area contributed by atoms with E-state index in [1.54, 1.807) is 0 Å². The molecule has 0 aliphatic heterocycles. The fourth-order valence-corrected chi connectivity index (χ4v) is 0. The third-order valence-electron chi connectivity index (χ3n) is 0.192. The second-order valence-electron chi connectivity index (χ2n) is 0.577. The monoisotopic (exact) mass is 46.0 g/mol. The van der Waals surface area contributed by atoms with E-state index in [4.69, 9.17) is 0 Å². The van der Waals surface area contributed by atoms with Gasteiger partial charge in [-0.3, -0.25) is 0 Å². The van der Waals surface area contributed by atoms with Crippen molar-refractivity contribution in [3.05, 3.63) is 18.2 Å². The molecular formula is C3H3Li+2. The molecule has 0 unspecified atom stereocenters. The van der Waals surface area contributed by atoms with E-state index in [0.29, 0.717) is 0 Å². The van der Waals surface area contributed by atoms with Crippen LogP contribution < -0.4 is 18.9 Å². The van der Waals surface area contributed by atoms with E-state index in [-0.39, 0.29) is 18.9 Å². The summed E-state index contributed by atoms with van der Waals surface area (Å²) in [6.07, 6.45) is 0. The molecule has 0 amide bonds. The molecule has 0 aromatic heterocycles. The molecule has 0 heterocycles. The Kier molecular flexibility index (Phi) is 1.60. The van der Waals surface area contributed by atoms with Crippen molar-refractivity contribution in [3.63, 3.8) is 0 Å². The topological polar surface area (TPSA) is 0 Å². The molecule has 0 radical (unpaired) electrons. The second kappa shape index (κ2) is 1.52. The van der Waals surface area contributed by atoms with Gasteiger partial charge in [0.25, 0.3) is 0 Å². The summed E-state index contributed by atoms with van der Waals surface area (Å²) in [5.74, 6) is 0. The number of hydrogen-bond donors (Lipinski definition) is 0. The van der Waals surface area contributed by atoms with Crippen LogP contribution in [0.5, 0.6) is 0 Å². The molecule has 0 N–H and O–H groups in total. The molecule has 14 valence electrons. The van der Waals surface area contributed by atoms with E-state index >= 15 is 0 Å². The standard InChI is InChI=1S/C3H3.Li/c1-2-3-1;/h1-3H;/q2*+1. The molecule has 0 saturated carbocycles. The van der Waals surface area contributed by atoms with Crippen molar-refractivity contribution in [2.24, 2.45) is 0 Å². The van der Waals surface area contributed by atoms with Crippen LogP contribution >= 0.6 is 0 Å². The van der Waals surface area contributed by atoms with Gasteiger partial charge in [0, 0.05) is 0 Å². The van der Waals surface area contributed by atoms with Crippen molar-refractivity contribution < 1.29 is 18.9 Å². The van der Waals surface area contributed by atoms with Gasteiger partial charge in [-0.1, -0.05) is 0 Å². The minimum absolute atomic E-state index is 0. The summed E-state index contributed by atoms with van der Waals surface area (Å²) in [6, 6.07) is 6.00. The third kappa shape index (κ3) is 2.21.